The molecule has 25 heavy (non-hydrogen) atoms. The number of carbonyl (C=O) groups is 2. The molecule has 132 valence electrons. The number of nitrogens with zero attached hydrogens (tertiary/aromatic N) is 3. The van der Waals surface area contributed by atoms with E-state index in [1.165, 1.54) is 18.2 Å². The second-order valence-electron chi connectivity index (χ2n) is 6.34. The molecule has 0 aliphatic rings. The predicted octanol–water partition coefficient (Wildman–Crippen LogP) is 3.24. The number of rotatable bonds is 5. The van der Waals surface area contributed by atoms with E-state index in [-0.39, 0.29) is 6.54 Å². The Balaban J connectivity index is 2.29. The SMILES string of the molecule is COc1ccc(CN(C(=O)OC(C)(C)C)c2ccc(C=O)cn2)cn1. The van der Waals surface area contributed by atoms with Crippen LogP contribution in [0.2, 0.25) is 0 Å². The van der Waals surface area contributed by atoms with Gasteiger partial charge in [-0.1, -0.05) is 6.07 Å². The highest BCUT2D eigenvalue weighted by Crippen LogP contribution is 2.19. The van der Waals surface area contributed by atoms with Crippen molar-refractivity contribution in [2.45, 2.75) is 32.9 Å². The van der Waals surface area contributed by atoms with Crippen molar-refractivity contribution in [2.24, 2.45) is 0 Å². The zero-order valence-corrected chi connectivity index (χ0v) is 14.7. The highest BCUT2D eigenvalue weighted by molar-refractivity contribution is 5.87. The Labute approximate surface area is 146 Å². The number of ether oxygens (including phenoxy) is 2. The zero-order chi connectivity index (χ0) is 18.4. The summed E-state index contributed by atoms with van der Waals surface area (Å²) in [6, 6.07) is 6.72. The predicted molar refractivity (Wildman–Crippen MR) is 92.8 cm³/mol. The maximum absolute atomic E-state index is 12.6. The minimum absolute atomic E-state index is 0.222. The van der Waals surface area contributed by atoms with E-state index in [9.17, 15) is 9.59 Å². The first-order chi connectivity index (χ1) is 11.8. The van der Waals surface area contributed by atoms with Crippen LogP contribution in [0.1, 0.15) is 36.7 Å². The molecule has 0 saturated heterocycles. The minimum Gasteiger partial charge on any atom is -0.481 e. The van der Waals surface area contributed by atoms with E-state index in [0.717, 1.165) is 5.56 Å². The van der Waals surface area contributed by atoms with Gasteiger partial charge in [-0.2, -0.15) is 0 Å². The second kappa shape index (κ2) is 7.74. The number of aromatic nitrogens is 2. The Morgan fingerprint density at radius 1 is 1.16 bits per heavy atom. The lowest BCUT2D eigenvalue weighted by atomic mass is 10.2. The molecule has 0 bridgehead atoms. The van der Waals surface area contributed by atoms with Crippen LogP contribution in [-0.4, -0.2) is 35.1 Å². The number of anilines is 1. The minimum atomic E-state index is -0.643. The van der Waals surface area contributed by atoms with E-state index in [4.69, 9.17) is 9.47 Å². The molecule has 0 spiro atoms. The van der Waals surface area contributed by atoms with Crippen molar-refractivity contribution in [2.75, 3.05) is 12.0 Å². The first-order valence-corrected chi connectivity index (χ1v) is 7.73. The van der Waals surface area contributed by atoms with Gasteiger partial charge < -0.3 is 9.47 Å². The number of amides is 1. The molecule has 7 nitrogen and oxygen atoms in total. The molecule has 0 saturated carbocycles. The fourth-order valence-corrected chi connectivity index (χ4v) is 1.99. The summed E-state index contributed by atoms with van der Waals surface area (Å²) < 4.78 is 10.5. The van der Waals surface area contributed by atoms with Gasteiger partial charge in [0.1, 0.15) is 11.4 Å². The highest BCUT2D eigenvalue weighted by atomic mass is 16.6. The van der Waals surface area contributed by atoms with Crippen LogP contribution in [0, 0.1) is 0 Å². The maximum atomic E-state index is 12.6. The normalized spacial score (nSPS) is 10.9. The van der Waals surface area contributed by atoms with Gasteiger partial charge in [0.25, 0.3) is 0 Å². The van der Waals surface area contributed by atoms with Crippen molar-refractivity contribution >= 4 is 18.2 Å². The summed E-state index contributed by atoms with van der Waals surface area (Å²) in [5, 5.41) is 0. The Kier molecular flexibility index (Phi) is 5.69. The van der Waals surface area contributed by atoms with Crippen molar-refractivity contribution in [3.8, 4) is 5.88 Å². The molecule has 0 unspecified atom stereocenters. The van der Waals surface area contributed by atoms with Crippen LogP contribution in [0.3, 0.4) is 0 Å². The molecule has 0 radical (unpaired) electrons. The fraction of sp³-hybridized carbons (Fsp3) is 0.333. The summed E-state index contributed by atoms with van der Waals surface area (Å²) in [6.07, 6.45) is 3.19. The number of pyridine rings is 2. The zero-order valence-electron chi connectivity index (χ0n) is 14.7. The summed E-state index contributed by atoms with van der Waals surface area (Å²) in [4.78, 5) is 33.1. The van der Waals surface area contributed by atoms with E-state index >= 15 is 0 Å². The van der Waals surface area contributed by atoms with Gasteiger partial charge in [-0.25, -0.2) is 14.8 Å². The Morgan fingerprint density at radius 3 is 2.40 bits per heavy atom. The van der Waals surface area contributed by atoms with Crippen LogP contribution in [0.25, 0.3) is 0 Å². The van der Waals surface area contributed by atoms with E-state index in [1.54, 1.807) is 45.2 Å². The molecule has 1 amide bonds. The third kappa shape index (κ3) is 5.27. The molecular weight excluding hydrogens is 322 g/mol. The molecule has 7 heteroatoms. The summed E-state index contributed by atoms with van der Waals surface area (Å²) in [5.41, 5.74) is 0.572. The van der Waals surface area contributed by atoms with E-state index in [2.05, 4.69) is 9.97 Å². The Hall–Kier alpha value is -2.96. The van der Waals surface area contributed by atoms with Crippen LogP contribution in [-0.2, 0) is 11.3 Å². The average Bonchev–Trinajstić information content (AvgIpc) is 2.59. The number of methoxy groups -OCH3 is 1. The largest absolute Gasteiger partial charge is 0.481 e. The van der Waals surface area contributed by atoms with Gasteiger partial charge in [-0.3, -0.25) is 9.69 Å². The number of hydrogen-bond donors (Lipinski definition) is 0. The number of carbonyl (C=O) groups excluding carboxylic acids is 2. The van der Waals surface area contributed by atoms with Gasteiger partial charge in [-0.05, 0) is 38.5 Å². The third-order valence-corrected chi connectivity index (χ3v) is 3.14. The fourth-order valence-electron chi connectivity index (χ4n) is 1.99. The number of aldehydes is 1. The summed E-state index contributed by atoms with van der Waals surface area (Å²) in [7, 11) is 1.54. The molecule has 2 rings (SSSR count). The smallest absolute Gasteiger partial charge is 0.416 e. The molecule has 2 heterocycles. The van der Waals surface area contributed by atoms with Gasteiger partial charge in [0, 0.05) is 24.0 Å². The van der Waals surface area contributed by atoms with Gasteiger partial charge >= 0.3 is 6.09 Å². The van der Waals surface area contributed by atoms with E-state index in [1.807, 2.05) is 6.07 Å². The Bertz CT molecular complexity index is 721. The molecule has 0 atom stereocenters. The number of hydrogen-bond acceptors (Lipinski definition) is 6. The first kappa shape index (κ1) is 18.4. The summed E-state index contributed by atoms with van der Waals surface area (Å²) >= 11 is 0. The molecule has 2 aromatic heterocycles. The topological polar surface area (TPSA) is 81.6 Å². The quantitative estimate of drug-likeness (QED) is 0.775. The lowest BCUT2D eigenvalue weighted by Gasteiger charge is -2.26. The van der Waals surface area contributed by atoms with Crippen molar-refractivity contribution in [1.82, 2.24) is 9.97 Å². The van der Waals surface area contributed by atoms with Crippen molar-refractivity contribution in [3.05, 3.63) is 47.8 Å². The highest BCUT2D eigenvalue weighted by Gasteiger charge is 2.24. The maximum Gasteiger partial charge on any atom is 0.416 e. The molecule has 0 N–H and O–H groups in total. The van der Waals surface area contributed by atoms with E-state index in [0.29, 0.717) is 23.5 Å². The molecular formula is C18H21N3O4. The van der Waals surface area contributed by atoms with Crippen molar-refractivity contribution < 1.29 is 19.1 Å². The average molecular weight is 343 g/mol. The first-order valence-electron chi connectivity index (χ1n) is 7.73. The molecule has 2 aromatic rings. The van der Waals surface area contributed by atoms with Crippen LogP contribution in [0.5, 0.6) is 5.88 Å². The second-order valence-corrected chi connectivity index (χ2v) is 6.34. The van der Waals surface area contributed by atoms with Crippen LogP contribution < -0.4 is 9.64 Å². The van der Waals surface area contributed by atoms with Crippen LogP contribution >= 0.6 is 0 Å². The Morgan fingerprint density at radius 2 is 1.92 bits per heavy atom. The van der Waals surface area contributed by atoms with E-state index < -0.39 is 11.7 Å². The third-order valence-electron chi connectivity index (χ3n) is 3.14. The molecule has 0 fully saturated rings. The standard InChI is InChI=1S/C18H21N3O4/c1-18(2,3)25-17(23)21(15-7-5-14(12-22)10-19-15)11-13-6-8-16(24-4)20-9-13/h5-10,12H,11H2,1-4H3. The summed E-state index contributed by atoms with van der Waals surface area (Å²) in [6.45, 7) is 5.60. The van der Waals surface area contributed by atoms with Crippen molar-refractivity contribution in [3.63, 3.8) is 0 Å². The van der Waals surface area contributed by atoms with Crippen LogP contribution in [0.4, 0.5) is 10.6 Å². The van der Waals surface area contributed by atoms with Gasteiger partial charge in [-0.15, -0.1) is 0 Å². The molecule has 0 aliphatic carbocycles. The van der Waals surface area contributed by atoms with Gasteiger partial charge in [0.2, 0.25) is 5.88 Å². The van der Waals surface area contributed by atoms with Gasteiger partial charge in [0.15, 0.2) is 6.29 Å². The monoisotopic (exact) mass is 343 g/mol. The lowest BCUT2D eigenvalue weighted by molar-refractivity contribution is 0.0576. The van der Waals surface area contributed by atoms with Crippen molar-refractivity contribution in [1.29, 1.82) is 0 Å². The lowest BCUT2D eigenvalue weighted by Crippen LogP contribution is -2.37. The molecule has 0 aliphatic heterocycles. The van der Waals surface area contributed by atoms with Crippen LogP contribution in [0.15, 0.2) is 36.7 Å². The summed E-state index contributed by atoms with van der Waals surface area (Å²) in [5.74, 6) is 0.872. The molecule has 0 aromatic carbocycles. The van der Waals surface area contributed by atoms with Gasteiger partial charge in [0.05, 0.1) is 13.7 Å².